The number of benzene rings is 1. The molecule has 0 aliphatic rings. The zero-order valence-corrected chi connectivity index (χ0v) is 13.3. The van der Waals surface area contributed by atoms with E-state index in [4.69, 9.17) is 10.4 Å². The van der Waals surface area contributed by atoms with Crippen LogP contribution < -0.4 is 0 Å². The first-order valence-corrected chi connectivity index (χ1v) is 7.07. The van der Waals surface area contributed by atoms with Crippen molar-refractivity contribution in [3.8, 4) is 6.07 Å². The number of nitrogens with zero attached hydrogens (tertiary/aromatic N) is 1. The summed E-state index contributed by atoms with van der Waals surface area (Å²) < 4.78 is 0. The number of aliphatic hydroxyl groups excluding tert-OH is 1. The summed E-state index contributed by atoms with van der Waals surface area (Å²) in [7, 11) is 0. The maximum Gasteiger partial charge on any atom is 0.0587 e. The fourth-order valence-electron chi connectivity index (χ4n) is 1.03. The molecule has 1 rings (SSSR count). The van der Waals surface area contributed by atoms with Crippen molar-refractivity contribution in [3.63, 3.8) is 0 Å². The number of unbranched alkanes of at least 4 members (excludes halogenated alkanes) is 3. The Balaban J connectivity index is -0.000000195. The van der Waals surface area contributed by atoms with Crippen LogP contribution in [0.4, 0.5) is 0 Å². The van der Waals surface area contributed by atoms with Crippen LogP contribution in [0.1, 0.15) is 58.9 Å². The summed E-state index contributed by atoms with van der Waals surface area (Å²) in [6, 6.07) is 12.0. The van der Waals surface area contributed by atoms with E-state index >= 15 is 0 Å². The predicted octanol–water partition coefficient (Wildman–Crippen LogP) is 5.11. The number of aliphatic hydroxyl groups is 1. The SMILES string of the molecule is CC#N.CCCCCC.CCO.Cc1ccccc1. The Morgan fingerprint density at radius 3 is 1.47 bits per heavy atom. The van der Waals surface area contributed by atoms with E-state index in [0.29, 0.717) is 0 Å². The van der Waals surface area contributed by atoms with Gasteiger partial charge in [-0.2, -0.15) is 5.26 Å². The predicted molar refractivity (Wildman–Crippen MR) is 85.0 cm³/mol. The van der Waals surface area contributed by atoms with Gasteiger partial charge in [0.15, 0.2) is 0 Å². The Kier molecular flexibility index (Phi) is 30.6. The molecule has 0 saturated heterocycles. The maximum atomic E-state index is 7.57. The molecule has 0 unspecified atom stereocenters. The molecule has 2 heteroatoms. The highest BCUT2D eigenvalue weighted by Gasteiger charge is 1.75. The summed E-state index contributed by atoms with van der Waals surface area (Å²) in [5, 5.41) is 14.9. The maximum absolute atomic E-state index is 7.57. The van der Waals surface area contributed by atoms with Crippen LogP contribution in [0.25, 0.3) is 0 Å². The Morgan fingerprint density at radius 2 is 1.32 bits per heavy atom. The molecule has 1 aromatic carbocycles. The Morgan fingerprint density at radius 1 is 1.00 bits per heavy atom. The van der Waals surface area contributed by atoms with Gasteiger partial charge in [-0.15, -0.1) is 0 Å². The van der Waals surface area contributed by atoms with E-state index in [1.54, 1.807) is 13.0 Å². The van der Waals surface area contributed by atoms with E-state index in [0.717, 1.165) is 0 Å². The van der Waals surface area contributed by atoms with Gasteiger partial charge in [-0.05, 0) is 13.8 Å². The first-order valence-electron chi connectivity index (χ1n) is 7.07. The van der Waals surface area contributed by atoms with Gasteiger partial charge in [0.1, 0.15) is 0 Å². The largest absolute Gasteiger partial charge is 0.397 e. The van der Waals surface area contributed by atoms with Gasteiger partial charge < -0.3 is 5.11 Å². The fraction of sp³-hybridized carbons (Fsp3) is 0.588. The second-order valence-electron chi connectivity index (χ2n) is 3.90. The molecule has 0 radical (unpaired) electrons. The van der Waals surface area contributed by atoms with Crippen molar-refractivity contribution in [2.45, 2.75) is 60.3 Å². The van der Waals surface area contributed by atoms with Crippen molar-refractivity contribution in [1.82, 2.24) is 0 Å². The number of hydrogen-bond donors (Lipinski definition) is 1. The lowest BCUT2D eigenvalue weighted by atomic mass is 10.2. The molecule has 0 atom stereocenters. The third-order valence-corrected chi connectivity index (χ3v) is 1.90. The minimum atomic E-state index is 0.250. The Labute approximate surface area is 120 Å². The van der Waals surface area contributed by atoms with E-state index in [-0.39, 0.29) is 6.61 Å². The smallest absolute Gasteiger partial charge is 0.0587 e. The standard InChI is InChI=1S/C7H8.C6H14.C2H3N.C2H6O/c1-7-5-3-2-4-6-7;1-3-5-6-4-2;2*1-2-3/h2-6H,1H3;3-6H2,1-2H3;1H3;3H,2H2,1H3. The minimum absolute atomic E-state index is 0.250. The van der Waals surface area contributed by atoms with Gasteiger partial charge >= 0.3 is 0 Å². The molecule has 0 amide bonds. The zero-order valence-electron chi connectivity index (χ0n) is 13.3. The topological polar surface area (TPSA) is 44.0 Å². The van der Waals surface area contributed by atoms with Gasteiger partial charge in [0, 0.05) is 13.5 Å². The van der Waals surface area contributed by atoms with Crippen molar-refractivity contribution >= 4 is 0 Å². The van der Waals surface area contributed by atoms with Crippen LogP contribution in [0.2, 0.25) is 0 Å². The highest BCUT2D eigenvalue weighted by Crippen LogP contribution is 1.95. The van der Waals surface area contributed by atoms with Gasteiger partial charge in [-0.3, -0.25) is 0 Å². The average molecular weight is 265 g/mol. The van der Waals surface area contributed by atoms with Crippen LogP contribution in [0.15, 0.2) is 30.3 Å². The lowest BCUT2D eigenvalue weighted by Gasteiger charge is -1.86. The second-order valence-corrected chi connectivity index (χ2v) is 3.90. The van der Waals surface area contributed by atoms with E-state index in [2.05, 4.69) is 32.9 Å². The number of nitriles is 1. The lowest BCUT2D eigenvalue weighted by molar-refractivity contribution is 0.318. The quantitative estimate of drug-likeness (QED) is 0.772. The molecule has 0 saturated carbocycles. The molecular weight excluding hydrogens is 234 g/mol. The van der Waals surface area contributed by atoms with Gasteiger partial charge in [0.2, 0.25) is 0 Å². The van der Waals surface area contributed by atoms with Crippen molar-refractivity contribution in [2.75, 3.05) is 6.61 Å². The monoisotopic (exact) mass is 265 g/mol. The van der Waals surface area contributed by atoms with Gasteiger partial charge in [-0.25, -0.2) is 0 Å². The molecule has 0 aliphatic heterocycles. The summed E-state index contributed by atoms with van der Waals surface area (Å²) in [5.74, 6) is 0. The Hall–Kier alpha value is -1.33. The van der Waals surface area contributed by atoms with Crippen LogP contribution in [-0.2, 0) is 0 Å². The Bertz CT molecular complexity index is 260. The van der Waals surface area contributed by atoms with Crippen molar-refractivity contribution in [3.05, 3.63) is 35.9 Å². The molecule has 0 fully saturated rings. The minimum Gasteiger partial charge on any atom is -0.397 e. The van der Waals surface area contributed by atoms with Crippen LogP contribution in [0.3, 0.4) is 0 Å². The summed E-state index contributed by atoms with van der Waals surface area (Å²) >= 11 is 0. The number of aryl methyl sites for hydroxylation is 1. The average Bonchev–Trinajstić information content (AvgIpc) is 2.40. The molecule has 2 nitrogen and oxygen atoms in total. The fourth-order valence-corrected chi connectivity index (χ4v) is 1.03. The number of rotatable bonds is 3. The van der Waals surface area contributed by atoms with E-state index < -0.39 is 0 Å². The third kappa shape index (κ3) is 38.4. The first kappa shape index (κ1) is 22.8. The molecule has 0 heterocycles. The van der Waals surface area contributed by atoms with Crippen LogP contribution >= 0.6 is 0 Å². The molecule has 19 heavy (non-hydrogen) atoms. The zero-order chi connectivity index (χ0) is 15.4. The van der Waals surface area contributed by atoms with E-state index in [9.17, 15) is 0 Å². The van der Waals surface area contributed by atoms with Crippen molar-refractivity contribution in [1.29, 1.82) is 5.26 Å². The summed E-state index contributed by atoms with van der Waals surface area (Å²) in [6.07, 6.45) is 5.54. The highest BCUT2D eigenvalue weighted by atomic mass is 16.2. The van der Waals surface area contributed by atoms with Gasteiger partial charge in [0.05, 0.1) is 6.07 Å². The molecule has 0 spiro atoms. The van der Waals surface area contributed by atoms with Crippen LogP contribution in [0.5, 0.6) is 0 Å². The molecule has 1 N–H and O–H groups in total. The van der Waals surface area contributed by atoms with Gasteiger partial charge in [-0.1, -0.05) is 75.4 Å². The molecule has 0 aliphatic carbocycles. The summed E-state index contributed by atoms with van der Waals surface area (Å²) in [4.78, 5) is 0. The van der Waals surface area contributed by atoms with Crippen LogP contribution in [-0.4, -0.2) is 11.7 Å². The third-order valence-electron chi connectivity index (χ3n) is 1.90. The van der Waals surface area contributed by atoms with E-state index in [1.165, 1.54) is 38.2 Å². The summed E-state index contributed by atoms with van der Waals surface area (Å²) in [6.45, 7) is 9.91. The second kappa shape index (κ2) is 25.5. The first-order chi connectivity index (χ1) is 9.14. The highest BCUT2D eigenvalue weighted by molar-refractivity contribution is 5.11. The normalized spacial score (nSPS) is 7.42. The molecular formula is C17H31NO. The van der Waals surface area contributed by atoms with Crippen molar-refractivity contribution in [2.24, 2.45) is 0 Å². The number of hydrogen-bond acceptors (Lipinski definition) is 2. The molecule has 110 valence electrons. The molecule has 0 bridgehead atoms. The van der Waals surface area contributed by atoms with Crippen LogP contribution in [0, 0.1) is 18.3 Å². The van der Waals surface area contributed by atoms with Crippen molar-refractivity contribution < 1.29 is 5.11 Å². The molecule has 0 aromatic heterocycles. The van der Waals surface area contributed by atoms with E-state index in [1.807, 2.05) is 18.2 Å². The lowest BCUT2D eigenvalue weighted by Crippen LogP contribution is -1.66. The molecule has 1 aromatic rings. The van der Waals surface area contributed by atoms with Gasteiger partial charge in [0.25, 0.3) is 0 Å². The summed E-state index contributed by atoms with van der Waals surface area (Å²) in [5.41, 5.74) is 1.32.